The summed E-state index contributed by atoms with van der Waals surface area (Å²) in [6, 6.07) is 6.14. The molecule has 3 unspecified atom stereocenters. The van der Waals surface area contributed by atoms with Gasteiger partial charge in [-0.25, -0.2) is 4.79 Å². The number of hydrogen-bond donors (Lipinski definition) is 3. The standard InChI is InChI=1S/C17H24N2O6/c1-12(6-8-20)7-9-24-17(23)18-19-11-25-16(22)15(19)10-13-2-4-14(21)5-3-13/h2-5,8,12,15-16,21-22H,6-7,9-11H2,1H3,(H,18,23). The van der Waals surface area contributed by atoms with Gasteiger partial charge in [0.15, 0.2) is 6.29 Å². The Morgan fingerprint density at radius 3 is 2.88 bits per heavy atom. The molecule has 0 bridgehead atoms. The Hall–Kier alpha value is -2.16. The maximum Gasteiger partial charge on any atom is 0.421 e. The Morgan fingerprint density at radius 2 is 2.20 bits per heavy atom. The third-order valence-electron chi connectivity index (χ3n) is 4.07. The molecule has 0 aliphatic carbocycles. The summed E-state index contributed by atoms with van der Waals surface area (Å²) in [5.41, 5.74) is 3.45. The van der Waals surface area contributed by atoms with Gasteiger partial charge in [-0.05, 0) is 36.5 Å². The van der Waals surface area contributed by atoms with E-state index >= 15 is 0 Å². The summed E-state index contributed by atoms with van der Waals surface area (Å²) in [7, 11) is 0. The highest BCUT2D eigenvalue weighted by Crippen LogP contribution is 2.19. The molecule has 1 aromatic carbocycles. The van der Waals surface area contributed by atoms with Gasteiger partial charge >= 0.3 is 6.09 Å². The number of rotatable bonds is 8. The van der Waals surface area contributed by atoms with Gasteiger partial charge in [0, 0.05) is 6.42 Å². The topological polar surface area (TPSA) is 108 Å². The fourth-order valence-electron chi connectivity index (χ4n) is 2.50. The molecule has 1 aliphatic heterocycles. The fraction of sp³-hybridized carbons (Fsp3) is 0.529. The van der Waals surface area contributed by atoms with Crippen LogP contribution in [-0.2, 0) is 20.7 Å². The number of nitrogens with zero attached hydrogens (tertiary/aromatic N) is 1. The summed E-state index contributed by atoms with van der Waals surface area (Å²) >= 11 is 0. The van der Waals surface area contributed by atoms with Gasteiger partial charge in [0.05, 0.1) is 12.6 Å². The fourth-order valence-corrected chi connectivity index (χ4v) is 2.50. The minimum atomic E-state index is -1.04. The molecule has 138 valence electrons. The second kappa shape index (κ2) is 9.36. The van der Waals surface area contributed by atoms with Crippen LogP contribution >= 0.6 is 0 Å². The van der Waals surface area contributed by atoms with E-state index in [9.17, 15) is 19.8 Å². The van der Waals surface area contributed by atoms with Crippen LogP contribution in [0.1, 0.15) is 25.3 Å². The zero-order valence-electron chi connectivity index (χ0n) is 14.1. The number of hydrazine groups is 1. The van der Waals surface area contributed by atoms with E-state index in [1.807, 2.05) is 6.92 Å². The van der Waals surface area contributed by atoms with Crippen LogP contribution in [0.3, 0.4) is 0 Å². The first-order chi connectivity index (χ1) is 12.0. The molecular weight excluding hydrogens is 328 g/mol. The van der Waals surface area contributed by atoms with Crippen molar-refractivity contribution in [3.05, 3.63) is 29.8 Å². The quantitative estimate of drug-likeness (QED) is 0.603. The molecule has 3 atom stereocenters. The molecule has 0 spiro atoms. The third kappa shape index (κ3) is 6.00. The highest BCUT2D eigenvalue weighted by molar-refractivity contribution is 5.66. The number of benzene rings is 1. The molecule has 0 saturated carbocycles. The smallest absolute Gasteiger partial charge is 0.421 e. The molecule has 3 N–H and O–H groups in total. The van der Waals surface area contributed by atoms with Crippen molar-refractivity contribution >= 4 is 12.4 Å². The van der Waals surface area contributed by atoms with Gasteiger partial charge in [-0.1, -0.05) is 19.1 Å². The van der Waals surface area contributed by atoms with Crippen LogP contribution in [0.25, 0.3) is 0 Å². The number of phenols is 1. The molecule has 25 heavy (non-hydrogen) atoms. The monoisotopic (exact) mass is 352 g/mol. The normalized spacial score (nSPS) is 21.7. The van der Waals surface area contributed by atoms with Crippen molar-refractivity contribution < 1.29 is 29.3 Å². The summed E-state index contributed by atoms with van der Waals surface area (Å²) in [4.78, 5) is 22.3. The molecule has 8 nitrogen and oxygen atoms in total. The van der Waals surface area contributed by atoms with Crippen molar-refractivity contribution in [1.29, 1.82) is 0 Å². The lowest BCUT2D eigenvalue weighted by Gasteiger charge is -2.24. The maximum atomic E-state index is 11.9. The van der Waals surface area contributed by atoms with Gasteiger partial charge in [-0.2, -0.15) is 5.01 Å². The first kappa shape index (κ1) is 19.2. The maximum absolute atomic E-state index is 11.9. The molecule has 1 saturated heterocycles. The number of amides is 1. The van der Waals surface area contributed by atoms with Crippen LogP contribution in [-0.4, -0.2) is 53.3 Å². The van der Waals surface area contributed by atoms with Crippen molar-refractivity contribution in [3.63, 3.8) is 0 Å². The summed E-state index contributed by atoms with van der Waals surface area (Å²) in [5.74, 6) is 0.318. The number of ether oxygens (including phenoxy) is 2. The second-order valence-corrected chi connectivity index (χ2v) is 6.14. The van der Waals surface area contributed by atoms with Crippen molar-refractivity contribution in [3.8, 4) is 5.75 Å². The summed E-state index contributed by atoms with van der Waals surface area (Å²) in [5, 5.41) is 20.8. The van der Waals surface area contributed by atoms with E-state index in [2.05, 4.69) is 5.43 Å². The molecule has 1 heterocycles. The predicted octanol–water partition coefficient (Wildman–Crippen LogP) is 1.17. The lowest BCUT2D eigenvalue weighted by Crippen LogP contribution is -2.48. The molecule has 2 rings (SSSR count). The molecule has 0 aromatic heterocycles. The van der Waals surface area contributed by atoms with E-state index in [1.165, 1.54) is 5.01 Å². The van der Waals surface area contributed by atoms with E-state index in [1.54, 1.807) is 24.3 Å². The van der Waals surface area contributed by atoms with Crippen molar-refractivity contribution in [2.45, 2.75) is 38.5 Å². The SMILES string of the molecule is CC(CC=O)CCOC(=O)NN1COC(O)C1Cc1ccc(O)cc1. The van der Waals surface area contributed by atoms with Crippen LogP contribution in [0, 0.1) is 5.92 Å². The van der Waals surface area contributed by atoms with E-state index in [0.717, 1.165) is 11.8 Å². The Morgan fingerprint density at radius 1 is 1.48 bits per heavy atom. The average molecular weight is 352 g/mol. The Kier molecular flexibility index (Phi) is 7.17. The van der Waals surface area contributed by atoms with E-state index in [4.69, 9.17) is 9.47 Å². The van der Waals surface area contributed by atoms with Crippen LogP contribution < -0.4 is 5.43 Å². The zero-order valence-corrected chi connectivity index (χ0v) is 14.1. The van der Waals surface area contributed by atoms with Gasteiger partial charge in [-0.3, -0.25) is 5.43 Å². The number of hydrogen-bond acceptors (Lipinski definition) is 7. The lowest BCUT2D eigenvalue weighted by molar-refractivity contribution is -0.108. The first-order valence-corrected chi connectivity index (χ1v) is 8.21. The molecule has 8 heteroatoms. The average Bonchev–Trinajstić information content (AvgIpc) is 2.90. The predicted molar refractivity (Wildman–Crippen MR) is 88.3 cm³/mol. The van der Waals surface area contributed by atoms with Crippen LogP contribution in [0.2, 0.25) is 0 Å². The number of aliphatic hydroxyl groups excluding tert-OH is 1. The number of carbonyl (C=O) groups excluding carboxylic acids is 2. The zero-order chi connectivity index (χ0) is 18.2. The van der Waals surface area contributed by atoms with E-state index in [0.29, 0.717) is 19.3 Å². The second-order valence-electron chi connectivity index (χ2n) is 6.14. The van der Waals surface area contributed by atoms with Crippen molar-refractivity contribution in [2.24, 2.45) is 5.92 Å². The van der Waals surface area contributed by atoms with E-state index in [-0.39, 0.29) is 25.0 Å². The number of carbonyl (C=O) groups is 2. The van der Waals surface area contributed by atoms with Gasteiger partial charge in [-0.15, -0.1) is 0 Å². The van der Waals surface area contributed by atoms with Gasteiger partial charge in [0.1, 0.15) is 18.8 Å². The number of phenolic OH excluding ortho intramolecular Hbond substituents is 1. The van der Waals surface area contributed by atoms with E-state index < -0.39 is 18.4 Å². The van der Waals surface area contributed by atoms with Crippen LogP contribution in [0.15, 0.2) is 24.3 Å². The molecule has 1 amide bonds. The van der Waals surface area contributed by atoms with Gasteiger partial charge in [0.25, 0.3) is 0 Å². The van der Waals surface area contributed by atoms with Crippen molar-refractivity contribution in [2.75, 3.05) is 13.3 Å². The minimum Gasteiger partial charge on any atom is -0.508 e. The summed E-state index contributed by atoms with van der Waals surface area (Å²) < 4.78 is 10.3. The Bertz CT molecular complexity index is 565. The molecule has 1 aliphatic rings. The lowest BCUT2D eigenvalue weighted by atomic mass is 10.1. The Balaban J connectivity index is 1.81. The summed E-state index contributed by atoms with van der Waals surface area (Å²) in [6.07, 6.45) is 0.641. The highest BCUT2D eigenvalue weighted by atomic mass is 16.6. The van der Waals surface area contributed by atoms with Crippen LogP contribution in [0.4, 0.5) is 4.79 Å². The molecule has 0 radical (unpaired) electrons. The Labute approximate surface area is 146 Å². The number of aromatic hydroxyl groups is 1. The first-order valence-electron chi connectivity index (χ1n) is 8.21. The molecule has 1 fully saturated rings. The number of nitrogens with one attached hydrogen (secondary N) is 1. The largest absolute Gasteiger partial charge is 0.508 e. The van der Waals surface area contributed by atoms with Crippen LogP contribution in [0.5, 0.6) is 5.75 Å². The van der Waals surface area contributed by atoms with Gasteiger partial charge < -0.3 is 24.5 Å². The molecule has 1 aromatic rings. The highest BCUT2D eigenvalue weighted by Gasteiger charge is 2.35. The van der Waals surface area contributed by atoms with Gasteiger partial charge in [0.2, 0.25) is 0 Å². The number of aldehydes is 1. The third-order valence-corrected chi connectivity index (χ3v) is 4.07. The van der Waals surface area contributed by atoms with Crippen molar-refractivity contribution in [1.82, 2.24) is 10.4 Å². The summed E-state index contributed by atoms with van der Waals surface area (Å²) in [6.45, 7) is 2.16. The number of aliphatic hydroxyl groups is 1. The molecular formula is C17H24N2O6. The minimum absolute atomic E-state index is 0.0422.